The average Bonchev–Trinajstić information content (AvgIpc) is 2.48. The van der Waals surface area contributed by atoms with E-state index in [0.29, 0.717) is 5.92 Å². The molecule has 1 aliphatic rings. The third-order valence-corrected chi connectivity index (χ3v) is 2.52. The van der Waals surface area contributed by atoms with Crippen molar-refractivity contribution in [3.05, 3.63) is 29.3 Å². The Balaban J connectivity index is 2.53. The fourth-order valence-corrected chi connectivity index (χ4v) is 1.88. The lowest BCUT2D eigenvalue weighted by Gasteiger charge is -2.06. The van der Waals surface area contributed by atoms with E-state index in [4.69, 9.17) is 4.74 Å². The van der Waals surface area contributed by atoms with Gasteiger partial charge in [0.1, 0.15) is 5.75 Å². The first-order valence-electron chi connectivity index (χ1n) is 4.57. The van der Waals surface area contributed by atoms with Gasteiger partial charge in [-0.2, -0.15) is 0 Å². The summed E-state index contributed by atoms with van der Waals surface area (Å²) in [4.78, 5) is 0. The summed E-state index contributed by atoms with van der Waals surface area (Å²) in [6.45, 7) is 5.28. The number of hydrogen-bond acceptors (Lipinski definition) is 1. The molecule has 0 saturated heterocycles. The predicted molar refractivity (Wildman–Crippen MR) is 49.7 cm³/mol. The molecule has 2 rings (SSSR count). The van der Waals surface area contributed by atoms with Gasteiger partial charge in [0.15, 0.2) is 0 Å². The molecule has 0 fully saturated rings. The molecule has 0 radical (unpaired) electrons. The van der Waals surface area contributed by atoms with Crippen molar-refractivity contribution in [2.75, 3.05) is 6.61 Å². The van der Waals surface area contributed by atoms with E-state index in [1.165, 1.54) is 11.1 Å². The van der Waals surface area contributed by atoms with Crippen LogP contribution in [0.3, 0.4) is 0 Å². The first kappa shape index (κ1) is 7.66. The lowest BCUT2D eigenvalue weighted by Crippen LogP contribution is -1.96. The monoisotopic (exact) mass is 162 g/mol. The van der Waals surface area contributed by atoms with Gasteiger partial charge in [-0.1, -0.05) is 26.0 Å². The molecule has 0 bridgehead atoms. The molecule has 0 N–H and O–H groups in total. The van der Waals surface area contributed by atoms with Crippen LogP contribution in [-0.4, -0.2) is 6.61 Å². The second-order valence-electron chi connectivity index (χ2n) is 3.39. The molecule has 1 unspecified atom stereocenters. The number of ether oxygens (including phenoxy) is 1. The minimum absolute atomic E-state index is 0.580. The van der Waals surface area contributed by atoms with Gasteiger partial charge in [0, 0.05) is 11.5 Å². The van der Waals surface area contributed by atoms with Crippen LogP contribution >= 0.6 is 0 Å². The van der Waals surface area contributed by atoms with Gasteiger partial charge in [-0.25, -0.2) is 0 Å². The zero-order chi connectivity index (χ0) is 8.55. The lowest BCUT2D eigenvalue weighted by atomic mass is 9.96. The molecule has 1 aliphatic heterocycles. The minimum atomic E-state index is 0.580. The van der Waals surface area contributed by atoms with Crippen LogP contribution in [0.1, 0.15) is 30.9 Å². The summed E-state index contributed by atoms with van der Waals surface area (Å²) in [5.41, 5.74) is 2.87. The molecule has 1 nitrogen and oxygen atoms in total. The fourth-order valence-electron chi connectivity index (χ4n) is 1.88. The van der Waals surface area contributed by atoms with Gasteiger partial charge in [0.25, 0.3) is 0 Å². The van der Waals surface area contributed by atoms with E-state index in [9.17, 15) is 0 Å². The van der Waals surface area contributed by atoms with Gasteiger partial charge in [0.05, 0.1) is 6.61 Å². The molecule has 0 saturated carbocycles. The second kappa shape index (κ2) is 2.81. The summed E-state index contributed by atoms with van der Waals surface area (Å²) < 4.78 is 5.55. The highest BCUT2D eigenvalue weighted by molar-refractivity contribution is 5.45. The summed E-state index contributed by atoms with van der Waals surface area (Å²) in [5.74, 6) is 1.68. The molecule has 12 heavy (non-hydrogen) atoms. The Labute approximate surface area is 73.4 Å². The predicted octanol–water partition coefficient (Wildman–Crippen LogP) is 2.74. The van der Waals surface area contributed by atoms with Crippen molar-refractivity contribution in [2.24, 2.45) is 0 Å². The van der Waals surface area contributed by atoms with Crippen molar-refractivity contribution in [1.29, 1.82) is 0 Å². The SMILES string of the molecule is CCc1cccc2c1C(C)CO2. The van der Waals surface area contributed by atoms with Crippen molar-refractivity contribution in [3.63, 3.8) is 0 Å². The van der Waals surface area contributed by atoms with Crippen molar-refractivity contribution >= 4 is 0 Å². The van der Waals surface area contributed by atoms with Crippen LogP contribution in [0.4, 0.5) is 0 Å². The van der Waals surface area contributed by atoms with Gasteiger partial charge in [-0.05, 0) is 18.1 Å². The highest BCUT2D eigenvalue weighted by Gasteiger charge is 2.21. The first-order valence-corrected chi connectivity index (χ1v) is 4.57. The molecule has 64 valence electrons. The zero-order valence-corrected chi connectivity index (χ0v) is 7.63. The van der Waals surface area contributed by atoms with E-state index in [-0.39, 0.29) is 0 Å². The van der Waals surface area contributed by atoms with E-state index < -0.39 is 0 Å². The topological polar surface area (TPSA) is 9.23 Å². The van der Waals surface area contributed by atoms with Crippen LogP contribution in [0.15, 0.2) is 18.2 Å². The third-order valence-electron chi connectivity index (χ3n) is 2.52. The first-order chi connectivity index (χ1) is 5.83. The molecule has 1 heterocycles. The highest BCUT2D eigenvalue weighted by Crippen LogP contribution is 2.36. The molecule has 1 heteroatoms. The Morgan fingerprint density at radius 1 is 1.50 bits per heavy atom. The normalized spacial score (nSPS) is 20.3. The van der Waals surface area contributed by atoms with Gasteiger partial charge in [0.2, 0.25) is 0 Å². The summed E-state index contributed by atoms with van der Waals surface area (Å²) in [6.07, 6.45) is 1.11. The zero-order valence-electron chi connectivity index (χ0n) is 7.63. The number of hydrogen-bond donors (Lipinski definition) is 0. The van der Waals surface area contributed by atoms with Gasteiger partial charge in [-0.15, -0.1) is 0 Å². The quantitative estimate of drug-likeness (QED) is 0.617. The van der Waals surface area contributed by atoms with Crippen molar-refractivity contribution in [3.8, 4) is 5.75 Å². The maximum atomic E-state index is 5.55. The average molecular weight is 162 g/mol. The number of aryl methyl sites for hydroxylation is 1. The van der Waals surface area contributed by atoms with Crippen LogP contribution in [0.5, 0.6) is 5.75 Å². The number of rotatable bonds is 1. The van der Waals surface area contributed by atoms with Crippen molar-refractivity contribution < 1.29 is 4.74 Å². The molecule has 0 spiro atoms. The van der Waals surface area contributed by atoms with Crippen LogP contribution in [-0.2, 0) is 6.42 Å². The van der Waals surface area contributed by atoms with Crippen LogP contribution in [0, 0.1) is 0 Å². The standard InChI is InChI=1S/C11H14O/c1-3-9-5-4-6-10-11(9)8(2)7-12-10/h4-6,8H,3,7H2,1-2H3. The Kier molecular flexibility index (Phi) is 1.80. The van der Waals surface area contributed by atoms with E-state index in [1.807, 2.05) is 0 Å². The van der Waals surface area contributed by atoms with Gasteiger partial charge >= 0.3 is 0 Å². The van der Waals surface area contributed by atoms with Crippen LogP contribution in [0.25, 0.3) is 0 Å². The molecule has 0 aliphatic carbocycles. The van der Waals surface area contributed by atoms with Gasteiger partial charge in [-0.3, -0.25) is 0 Å². The molecule has 1 aromatic rings. The third kappa shape index (κ3) is 1.01. The van der Waals surface area contributed by atoms with E-state index >= 15 is 0 Å². The Bertz CT molecular complexity index is 291. The Morgan fingerprint density at radius 2 is 2.33 bits per heavy atom. The maximum absolute atomic E-state index is 5.55. The molecular formula is C11H14O. The Hall–Kier alpha value is -0.980. The summed E-state index contributed by atoms with van der Waals surface area (Å²) >= 11 is 0. The smallest absolute Gasteiger partial charge is 0.123 e. The highest BCUT2D eigenvalue weighted by atomic mass is 16.5. The van der Waals surface area contributed by atoms with Crippen molar-refractivity contribution in [1.82, 2.24) is 0 Å². The Morgan fingerprint density at radius 3 is 3.08 bits per heavy atom. The van der Waals surface area contributed by atoms with Crippen LogP contribution < -0.4 is 4.74 Å². The molecule has 1 atom stereocenters. The molecule has 0 amide bonds. The lowest BCUT2D eigenvalue weighted by molar-refractivity contribution is 0.337. The summed E-state index contributed by atoms with van der Waals surface area (Å²) in [6, 6.07) is 6.34. The van der Waals surface area contributed by atoms with Gasteiger partial charge < -0.3 is 4.74 Å². The minimum Gasteiger partial charge on any atom is -0.493 e. The largest absolute Gasteiger partial charge is 0.493 e. The number of fused-ring (bicyclic) bond motifs is 1. The van der Waals surface area contributed by atoms with E-state index in [2.05, 4.69) is 32.0 Å². The number of benzene rings is 1. The van der Waals surface area contributed by atoms with Crippen LogP contribution in [0.2, 0.25) is 0 Å². The maximum Gasteiger partial charge on any atom is 0.123 e. The van der Waals surface area contributed by atoms with Crippen molar-refractivity contribution in [2.45, 2.75) is 26.2 Å². The van der Waals surface area contributed by atoms with E-state index in [0.717, 1.165) is 18.8 Å². The van der Waals surface area contributed by atoms with E-state index in [1.54, 1.807) is 0 Å². The molecule has 1 aromatic carbocycles. The molecule has 0 aromatic heterocycles. The summed E-state index contributed by atoms with van der Waals surface area (Å²) in [7, 11) is 0. The fraction of sp³-hybridized carbons (Fsp3) is 0.455. The molecular weight excluding hydrogens is 148 g/mol. The summed E-state index contributed by atoms with van der Waals surface area (Å²) in [5, 5.41) is 0. The second-order valence-corrected chi connectivity index (χ2v) is 3.39.